The topological polar surface area (TPSA) is 97.4 Å². The number of fused-ring (bicyclic) bond motifs is 1. The molecule has 1 spiro atoms. The Labute approximate surface area is 230 Å². The van der Waals surface area contributed by atoms with E-state index in [-0.39, 0.29) is 43.2 Å². The summed E-state index contributed by atoms with van der Waals surface area (Å²) in [6.07, 6.45) is 0.636. The second-order valence-corrected chi connectivity index (χ2v) is 10.0. The number of benzene rings is 3. The molecule has 3 aromatic rings. The zero-order chi connectivity index (χ0) is 27.7. The van der Waals surface area contributed by atoms with E-state index in [1.165, 1.54) is 18.2 Å². The maximum atomic E-state index is 13.8. The lowest BCUT2D eigenvalue weighted by Gasteiger charge is -2.44. The molecule has 1 unspecified atom stereocenters. The summed E-state index contributed by atoms with van der Waals surface area (Å²) in [4.78, 5) is 43.5. The largest absolute Gasteiger partial charge is 0.454 e. The van der Waals surface area contributed by atoms with Gasteiger partial charge < -0.3 is 24.4 Å². The molecule has 3 aliphatic heterocycles. The maximum Gasteiger partial charge on any atom is 0.256 e. The van der Waals surface area contributed by atoms with Crippen LogP contribution in [-0.4, -0.2) is 65.8 Å². The number of carbonyl (C=O) groups is 3. The highest BCUT2D eigenvalue weighted by Crippen LogP contribution is 2.39. The monoisotopic (exact) mass is 545 g/mol. The third-order valence-electron chi connectivity index (χ3n) is 7.61. The highest BCUT2D eigenvalue weighted by atomic mass is 19.1. The lowest BCUT2D eigenvalue weighted by molar-refractivity contribution is -0.128. The van der Waals surface area contributed by atoms with E-state index in [2.05, 4.69) is 5.32 Å². The van der Waals surface area contributed by atoms with E-state index in [0.29, 0.717) is 43.0 Å². The van der Waals surface area contributed by atoms with Crippen molar-refractivity contribution in [3.63, 3.8) is 0 Å². The Morgan fingerprint density at radius 2 is 1.62 bits per heavy atom. The van der Waals surface area contributed by atoms with E-state index in [9.17, 15) is 18.8 Å². The molecule has 0 radical (unpaired) electrons. The molecule has 9 nitrogen and oxygen atoms in total. The number of likely N-dealkylation sites (tertiary alicyclic amines) is 1. The number of carbonyl (C=O) groups excluding carboxylic acids is 3. The van der Waals surface area contributed by atoms with Gasteiger partial charge in [-0.2, -0.15) is 0 Å². The Hall–Kier alpha value is -4.44. The number of hydrogen-bond acceptors (Lipinski definition) is 6. The van der Waals surface area contributed by atoms with E-state index in [1.807, 2.05) is 18.2 Å². The van der Waals surface area contributed by atoms with Crippen molar-refractivity contribution >= 4 is 17.7 Å². The molecule has 3 heterocycles. The highest BCUT2D eigenvalue weighted by molar-refractivity contribution is 5.98. The van der Waals surface area contributed by atoms with Crippen LogP contribution >= 0.6 is 0 Å². The first kappa shape index (κ1) is 25.8. The zero-order valence-corrected chi connectivity index (χ0v) is 21.7. The van der Waals surface area contributed by atoms with Gasteiger partial charge in [-0.15, -0.1) is 0 Å². The molecule has 6 rings (SSSR count). The van der Waals surface area contributed by atoms with Gasteiger partial charge in [-0.25, -0.2) is 4.39 Å². The number of halogens is 1. The summed E-state index contributed by atoms with van der Waals surface area (Å²) in [5, 5.41) is 2.93. The van der Waals surface area contributed by atoms with Crippen LogP contribution in [0.2, 0.25) is 0 Å². The van der Waals surface area contributed by atoms with E-state index in [0.717, 1.165) is 5.56 Å². The second kappa shape index (κ2) is 10.6. The van der Waals surface area contributed by atoms with Gasteiger partial charge in [0.05, 0.1) is 6.61 Å². The van der Waals surface area contributed by atoms with Gasteiger partial charge in [0.25, 0.3) is 11.8 Å². The molecule has 3 amide bonds. The summed E-state index contributed by atoms with van der Waals surface area (Å²) >= 11 is 0. The molecular weight excluding hydrogens is 517 g/mol. The Morgan fingerprint density at radius 1 is 0.875 bits per heavy atom. The number of piperidine rings is 1. The normalized spacial score (nSPS) is 19.1. The average molecular weight is 546 g/mol. The van der Waals surface area contributed by atoms with Crippen LogP contribution in [0.5, 0.6) is 11.5 Å². The number of nitrogens with zero attached hydrogens (tertiary/aromatic N) is 2. The van der Waals surface area contributed by atoms with Crippen LogP contribution in [0, 0.1) is 5.82 Å². The van der Waals surface area contributed by atoms with Gasteiger partial charge in [0, 0.05) is 43.6 Å². The number of hydrogen-bond donors (Lipinski definition) is 1. The second-order valence-electron chi connectivity index (χ2n) is 10.0. The van der Waals surface area contributed by atoms with Crippen molar-refractivity contribution in [2.75, 3.05) is 26.5 Å². The predicted octanol–water partition coefficient (Wildman–Crippen LogP) is 3.34. The molecule has 206 valence electrons. The van der Waals surface area contributed by atoms with Gasteiger partial charge in [-0.1, -0.05) is 30.3 Å². The van der Waals surface area contributed by atoms with E-state index in [4.69, 9.17) is 14.2 Å². The van der Waals surface area contributed by atoms with Crippen LogP contribution in [0.15, 0.2) is 72.8 Å². The van der Waals surface area contributed by atoms with Gasteiger partial charge in [-0.05, 0) is 48.0 Å². The van der Waals surface area contributed by atoms with Crippen molar-refractivity contribution in [2.24, 2.45) is 0 Å². The number of nitrogens with one attached hydrogen (secondary N) is 1. The molecule has 1 N–H and O–H groups in total. The third-order valence-corrected chi connectivity index (χ3v) is 7.61. The summed E-state index contributed by atoms with van der Waals surface area (Å²) in [5.74, 6) is -0.138. The molecule has 3 aromatic carbocycles. The van der Waals surface area contributed by atoms with E-state index < -0.39 is 17.6 Å². The fraction of sp³-hybridized carbons (Fsp3) is 0.300. The fourth-order valence-electron chi connectivity index (χ4n) is 5.51. The third kappa shape index (κ3) is 4.86. The van der Waals surface area contributed by atoms with Gasteiger partial charge in [0.1, 0.15) is 17.6 Å². The molecule has 2 fully saturated rings. The van der Waals surface area contributed by atoms with Crippen molar-refractivity contribution in [1.82, 2.24) is 15.1 Å². The van der Waals surface area contributed by atoms with Crippen LogP contribution in [0.1, 0.15) is 39.1 Å². The molecule has 2 saturated heterocycles. The smallest absolute Gasteiger partial charge is 0.256 e. The molecule has 0 saturated carbocycles. The van der Waals surface area contributed by atoms with Gasteiger partial charge >= 0.3 is 0 Å². The Morgan fingerprint density at radius 3 is 2.40 bits per heavy atom. The molecule has 0 aromatic heterocycles. The summed E-state index contributed by atoms with van der Waals surface area (Å²) in [5.41, 5.74) is 0.490. The van der Waals surface area contributed by atoms with Crippen LogP contribution in [0.25, 0.3) is 0 Å². The lowest BCUT2D eigenvalue weighted by Crippen LogP contribution is -2.59. The van der Waals surface area contributed by atoms with Crippen LogP contribution < -0.4 is 14.8 Å². The summed E-state index contributed by atoms with van der Waals surface area (Å²) in [7, 11) is 0. The van der Waals surface area contributed by atoms with E-state index >= 15 is 0 Å². The first-order chi connectivity index (χ1) is 19.4. The minimum Gasteiger partial charge on any atom is -0.454 e. The summed E-state index contributed by atoms with van der Waals surface area (Å²) in [6.45, 7) is 1.01. The first-order valence-electron chi connectivity index (χ1n) is 13.2. The SMILES string of the molecule is O=C(NCc1ccc2c(c1)OCO2)C1COC2(CCN(C(=O)c3cccc(F)c3)CC2)N1C(=O)c1ccccc1. The van der Waals surface area contributed by atoms with Gasteiger partial charge in [-0.3, -0.25) is 19.3 Å². The minimum atomic E-state index is -1.05. The number of rotatable bonds is 5. The minimum absolute atomic E-state index is 0.0311. The van der Waals surface area contributed by atoms with E-state index in [1.54, 1.807) is 46.2 Å². The van der Waals surface area contributed by atoms with Gasteiger partial charge in [0.15, 0.2) is 11.5 Å². The fourth-order valence-corrected chi connectivity index (χ4v) is 5.51. The van der Waals surface area contributed by atoms with Crippen LogP contribution in [0.4, 0.5) is 4.39 Å². The average Bonchev–Trinajstić information content (AvgIpc) is 3.60. The molecular formula is C30H28FN3O6. The highest BCUT2D eigenvalue weighted by Gasteiger charge is 2.54. The Kier molecular flexibility index (Phi) is 6.85. The van der Waals surface area contributed by atoms with Crippen molar-refractivity contribution in [3.8, 4) is 11.5 Å². The van der Waals surface area contributed by atoms with Crippen LogP contribution in [-0.2, 0) is 16.1 Å². The van der Waals surface area contributed by atoms with Crippen molar-refractivity contribution in [3.05, 3.63) is 95.3 Å². The molecule has 0 aliphatic carbocycles. The zero-order valence-electron chi connectivity index (χ0n) is 21.7. The van der Waals surface area contributed by atoms with Crippen molar-refractivity contribution in [1.29, 1.82) is 0 Å². The molecule has 10 heteroatoms. The molecule has 40 heavy (non-hydrogen) atoms. The summed E-state index contributed by atoms with van der Waals surface area (Å²) in [6, 6.07) is 19.0. The number of amides is 3. The van der Waals surface area contributed by atoms with Gasteiger partial charge in [0.2, 0.25) is 12.7 Å². The maximum absolute atomic E-state index is 13.8. The molecule has 0 bridgehead atoms. The Balaban J connectivity index is 1.20. The lowest BCUT2D eigenvalue weighted by atomic mass is 9.96. The van der Waals surface area contributed by atoms with Crippen molar-refractivity contribution in [2.45, 2.75) is 31.2 Å². The summed E-state index contributed by atoms with van der Waals surface area (Å²) < 4.78 is 30.7. The molecule has 1 atom stereocenters. The van der Waals surface area contributed by atoms with Crippen molar-refractivity contribution < 1.29 is 33.0 Å². The predicted molar refractivity (Wildman–Crippen MR) is 141 cm³/mol. The standard InChI is InChI=1S/C30H28FN3O6/c31-23-8-4-7-22(16-23)28(36)33-13-11-30(12-14-33)34(29(37)21-5-2-1-3-6-21)24(18-40-30)27(35)32-17-20-9-10-25-26(15-20)39-19-38-25/h1-10,15-16,24H,11-14,17-19H2,(H,32,35). The molecule has 3 aliphatic rings. The first-order valence-corrected chi connectivity index (χ1v) is 13.2. The Bertz CT molecular complexity index is 1440. The van der Waals surface area contributed by atoms with Crippen LogP contribution in [0.3, 0.4) is 0 Å². The quantitative estimate of drug-likeness (QED) is 0.528. The number of ether oxygens (including phenoxy) is 3.